The van der Waals surface area contributed by atoms with Gasteiger partial charge >= 0.3 is 0 Å². The molecule has 0 aliphatic rings. The van der Waals surface area contributed by atoms with Crippen molar-refractivity contribution < 1.29 is 9.53 Å². The van der Waals surface area contributed by atoms with E-state index in [-0.39, 0.29) is 16.7 Å². The van der Waals surface area contributed by atoms with Crippen LogP contribution in [0.5, 0.6) is 5.75 Å². The number of aromatic amines is 2. The predicted octanol–water partition coefficient (Wildman–Crippen LogP) is 2.37. The number of fused-ring (bicyclic) bond motifs is 1. The van der Waals surface area contributed by atoms with E-state index in [1.54, 1.807) is 21.0 Å². The van der Waals surface area contributed by atoms with Crippen molar-refractivity contribution >= 4 is 28.6 Å². The number of amides is 1. The van der Waals surface area contributed by atoms with Gasteiger partial charge in [-0.05, 0) is 38.1 Å². The molecule has 8 heteroatoms. The van der Waals surface area contributed by atoms with Crippen molar-refractivity contribution in [3.63, 3.8) is 0 Å². The van der Waals surface area contributed by atoms with Gasteiger partial charge in [0.2, 0.25) is 5.91 Å². The fraction of sp³-hybridized carbons (Fsp3) is 0.278. The van der Waals surface area contributed by atoms with Gasteiger partial charge in [-0.1, -0.05) is 11.8 Å². The molecule has 0 aliphatic heterocycles. The molecular formula is C18H20N4O3S. The number of carbonyl (C=O) groups is 1. The van der Waals surface area contributed by atoms with Gasteiger partial charge in [0.1, 0.15) is 5.75 Å². The molecule has 1 atom stereocenters. The summed E-state index contributed by atoms with van der Waals surface area (Å²) >= 11 is 1.22. The van der Waals surface area contributed by atoms with Gasteiger partial charge in [0.25, 0.3) is 5.56 Å². The minimum Gasteiger partial charge on any atom is -0.497 e. The highest BCUT2D eigenvalue weighted by molar-refractivity contribution is 8.00. The summed E-state index contributed by atoms with van der Waals surface area (Å²) in [7, 11) is 1.63. The van der Waals surface area contributed by atoms with Gasteiger partial charge in [0.05, 0.1) is 18.9 Å². The van der Waals surface area contributed by atoms with Crippen LogP contribution in [-0.2, 0) is 11.3 Å². The van der Waals surface area contributed by atoms with E-state index in [1.165, 1.54) is 17.8 Å². The third-order valence-corrected chi connectivity index (χ3v) is 4.83. The van der Waals surface area contributed by atoms with Gasteiger partial charge in [-0.25, -0.2) is 4.98 Å². The maximum Gasteiger partial charge on any atom is 0.251 e. The van der Waals surface area contributed by atoms with E-state index < -0.39 is 0 Å². The van der Waals surface area contributed by atoms with E-state index in [1.807, 2.05) is 24.3 Å². The normalized spacial score (nSPS) is 12.1. The van der Waals surface area contributed by atoms with Gasteiger partial charge in [-0.15, -0.1) is 0 Å². The first-order chi connectivity index (χ1) is 12.4. The van der Waals surface area contributed by atoms with Crippen molar-refractivity contribution in [3.05, 3.63) is 52.1 Å². The molecule has 1 aromatic carbocycles. The Hall–Kier alpha value is -2.74. The number of aromatic nitrogens is 3. The molecule has 1 unspecified atom stereocenters. The molecule has 0 bridgehead atoms. The highest BCUT2D eigenvalue weighted by Gasteiger charge is 2.16. The molecule has 2 aromatic heterocycles. The van der Waals surface area contributed by atoms with E-state index in [2.05, 4.69) is 20.3 Å². The third-order valence-electron chi connectivity index (χ3n) is 3.84. The van der Waals surface area contributed by atoms with Crippen molar-refractivity contribution in [2.45, 2.75) is 30.8 Å². The largest absolute Gasteiger partial charge is 0.497 e. The average Bonchev–Trinajstić information content (AvgIpc) is 3.00. The zero-order valence-corrected chi connectivity index (χ0v) is 15.6. The first kappa shape index (κ1) is 18.1. The highest BCUT2D eigenvalue weighted by Crippen LogP contribution is 2.22. The summed E-state index contributed by atoms with van der Waals surface area (Å²) in [6.07, 6.45) is 0. The summed E-state index contributed by atoms with van der Waals surface area (Å²) < 4.78 is 5.22. The molecule has 2 heterocycles. The minimum atomic E-state index is -0.385. The number of thioether (sulfide) groups is 1. The van der Waals surface area contributed by atoms with Gasteiger partial charge in [0.15, 0.2) is 5.16 Å². The number of H-pyrrole nitrogens is 2. The molecule has 3 N–H and O–H groups in total. The molecule has 136 valence electrons. The Morgan fingerprint density at radius 1 is 1.31 bits per heavy atom. The Labute approximate surface area is 154 Å². The number of nitrogens with one attached hydrogen (secondary N) is 3. The topological polar surface area (TPSA) is 99.9 Å². The van der Waals surface area contributed by atoms with Crippen LogP contribution < -0.4 is 15.6 Å². The summed E-state index contributed by atoms with van der Waals surface area (Å²) in [5.74, 6) is 0.659. The fourth-order valence-electron chi connectivity index (χ4n) is 2.55. The van der Waals surface area contributed by atoms with E-state index in [9.17, 15) is 9.59 Å². The fourth-order valence-corrected chi connectivity index (χ4v) is 3.43. The van der Waals surface area contributed by atoms with E-state index in [4.69, 9.17) is 4.74 Å². The minimum absolute atomic E-state index is 0.129. The second-order valence-electron chi connectivity index (χ2n) is 5.92. The van der Waals surface area contributed by atoms with Crippen LogP contribution in [0.3, 0.4) is 0 Å². The van der Waals surface area contributed by atoms with Crippen molar-refractivity contribution in [2.24, 2.45) is 0 Å². The zero-order valence-electron chi connectivity index (χ0n) is 14.8. The number of ether oxygens (including phenoxy) is 1. The average molecular weight is 372 g/mol. The van der Waals surface area contributed by atoms with Crippen LogP contribution in [0.25, 0.3) is 10.9 Å². The summed E-state index contributed by atoms with van der Waals surface area (Å²) in [5.41, 5.74) is 2.29. The number of hydrogen-bond acceptors (Lipinski definition) is 5. The van der Waals surface area contributed by atoms with Crippen molar-refractivity contribution in [3.8, 4) is 5.75 Å². The standard InChI is InChI=1S/C18H20N4O3S/c1-10-6-16(23)22-18(20-10)26-11(2)17(24)19-9-13-7-12-8-14(25-3)4-5-15(12)21-13/h4-8,11,21H,9H2,1-3H3,(H,19,24)(H,20,22,23). The second kappa shape index (κ2) is 7.65. The molecule has 3 aromatic rings. The monoisotopic (exact) mass is 372 g/mol. The van der Waals surface area contributed by atoms with Gasteiger partial charge < -0.3 is 20.0 Å². The number of benzene rings is 1. The number of aryl methyl sites for hydroxylation is 1. The number of rotatable bonds is 6. The van der Waals surface area contributed by atoms with Crippen LogP contribution in [0.1, 0.15) is 18.3 Å². The third kappa shape index (κ3) is 4.26. The lowest BCUT2D eigenvalue weighted by Gasteiger charge is -2.11. The SMILES string of the molecule is COc1ccc2[nH]c(CNC(=O)C(C)Sc3nc(C)cc(=O)[nH]3)cc2c1. The van der Waals surface area contributed by atoms with E-state index >= 15 is 0 Å². The van der Waals surface area contributed by atoms with Crippen molar-refractivity contribution in [1.29, 1.82) is 0 Å². The van der Waals surface area contributed by atoms with E-state index in [0.29, 0.717) is 17.4 Å². The lowest BCUT2D eigenvalue weighted by atomic mass is 10.2. The maximum atomic E-state index is 12.3. The zero-order chi connectivity index (χ0) is 18.7. The Kier molecular flexibility index (Phi) is 5.32. The number of carbonyl (C=O) groups excluding carboxylic acids is 1. The number of hydrogen-bond donors (Lipinski definition) is 3. The molecule has 0 radical (unpaired) electrons. The van der Waals surface area contributed by atoms with Crippen molar-refractivity contribution in [2.75, 3.05) is 7.11 Å². The van der Waals surface area contributed by atoms with Gasteiger partial charge in [-0.2, -0.15) is 0 Å². The first-order valence-electron chi connectivity index (χ1n) is 8.12. The molecule has 0 saturated heterocycles. The maximum absolute atomic E-state index is 12.3. The van der Waals surface area contributed by atoms with Crippen LogP contribution in [0, 0.1) is 6.92 Å². The Bertz CT molecular complexity index is 996. The highest BCUT2D eigenvalue weighted by atomic mass is 32.2. The Morgan fingerprint density at radius 3 is 2.85 bits per heavy atom. The lowest BCUT2D eigenvalue weighted by Crippen LogP contribution is -2.30. The molecule has 26 heavy (non-hydrogen) atoms. The van der Waals surface area contributed by atoms with Gasteiger partial charge in [-0.3, -0.25) is 9.59 Å². The van der Waals surface area contributed by atoms with Crippen LogP contribution in [0.15, 0.2) is 40.3 Å². The van der Waals surface area contributed by atoms with Crippen LogP contribution >= 0.6 is 11.8 Å². The summed E-state index contributed by atoms with van der Waals surface area (Å²) in [5, 5.41) is 3.98. The first-order valence-corrected chi connectivity index (χ1v) is 9.00. The van der Waals surface area contributed by atoms with Crippen LogP contribution in [0.4, 0.5) is 0 Å². The van der Waals surface area contributed by atoms with Crippen LogP contribution in [-0.4, -0.2) is 33.2 Å². The molecule has 7 nitrogen and oxygen atoms in total. The smallest absolute Gasteiger partial charge is 0.251 e. The lowest BCUT2D eigenvalue weighted by molar-refractivity contribution is -0.120. The summed E-state index contributed by atoms with van der Waals surface area (Å²) in [6.45, 7) is 3.91. The predicted molar refractivity (Wildman–Crippen MR) is 102 cm³/mol. The Morgan fingerprint density at radius 2 is 2.12 bits per heavy atom. The Balaban J connectivity index is 1.61. The quantitative estimate of drug-likeness (QED) is 0.456. The van der Waals surface area contributed by atoms with Gasteiger partial charge in [0, 0.05) is 28.4 Å². The summed E-state index contributed by atoms with van der Waals surface area (Å²) in [4.78, 5) is 33.9. The number of methoxy groups -OCH3 is 1. The molecule has 0 fully saturated rings. The molecular weight excluding hydrogens is 352 g/mol. The van der Waals surface area contributed by atoms with E-state index in [0.717, 1.165) is 22.3 Å². The summed E-state index contributed by atoms with van der Waals surface area (Å²) in [6, 6.07) is 9.16. The molecule has 3 rings (SSSR count). The molecule has 0 spiro atoms. The van der Waals surface area contributed by atoms with Crippen molar-refractivity contribution in [1.82, 2.24) is 20.3 Å². The number of nitrogens with zero attached hydrogens (tertiary/aromatic N) is 1. The molecule has 0 aliphatic carbocycles. The van der Waals surface area contributed by atoms with Crippen LogP contribution in [0.2, 0.25) is 0 Å². The molecule has 1 amide bonds. The second-order valence-corrected chi connectivity index (χ2v) is 7.25. The molecule has 0 saturated carbocycles.